The van der Waals surface area contributed by atoms with E-state index in [4.69, 9.17) is 4.42 Å². The highest BCUT2D eigenvalue weighted by Crippen LogP contribution is 2.22. The van der Waals surface area contributed by atoms with Crippen LogP contribution in [0.4, 0.5) is 11.8 Å². The van der Waals surface area contributed by atoms with Crippen molar-refractivity contribution in [3.63, 3.8) is 0 Å². The van der Waals surface area contributed by atoms with E-state index in [1.165, 1.54) is 0 Å². The highest BCUT2D eigenvalue weighted by atomic mass is 16.3. The van der Waals surface area contributed by atoms with Crippen molar-refractivity contribution in [1.82, 2.24) is 24.8 Å². The molecule has 0 saturated carbocycles. The lowest BCUT2D eigenvalue weighted by Crippen LogP contribution is -2.39. The summed E-state index contributed by atoms with van der Waals surface area (Å²) in [5, 5.41) is 3.16. The zero-order valence-corrected chi connectivity index (χ0v) is 17.8. The molecular weight excluding hydrogens is 392 g/mol. The highest BCUT2D eigenvalue weighted by Gasteiger charge is 2.23. The van der Waals surface area contributed by atoms with Crippen molar-refractivity contribution in [3.8, 4) is 0 Å². The summed E-state index contributed by atoms with van der Waals surface area (Å²) in [7, 11) is 0. The number of aromatic nitrogens is 4. The van der Waals surface area contributed by atoms with Crippen LogP contribution in [-0.2, 0) is 11.2 Å². The van der Waals surface area contributed by atoms with Gasteiger partial charge in [0.15, 0.2) is 0 Å². The van der Waals surface area contributed by atoms with Gasteiger partial charge in [-0.25, -0.2) is 19.9 Å². The maximum absolute atomic E-state index is 12.6. The van der Waals surface area contributed by atoms with E-state index < -0.39 is 0 Å². The zero-order valence-electron chi connectivity index (χ0n) is 17.8. The van der Waals surface area contributed by atoms with Crippen LogP contribution < -0.4 is 5.32 Å². The molecule has 0 bridgehead atoms. The number of nitrogens with zero attached hydrogens (tertiary/aromatic N) is 5. The molecule has 3 aromatic rings. The van der Waals surface area contributed by atoms with Gasteiger partial charge in [0.1, 0.15) is 17.9 Å². The second kappa shape index (κ2) is 9.51. The first-order valence-electron chi connectivity index (χ1n) is 10.5. The number of likely N-dealkylation sites (tertiary alicyclic amines) is 1. The van der Waals surface area contributed by atoms with Gasteiger partial charge in [-0.15, -0.1) is 0 Å². The molecule has 0 radical (unpaired) electrons. The summed E-state index contributed by atoms with van der Waals surface area (Å²) in [6, 6.07) is 7.49. The summed E-state index contributed by atoms with van der Waals surface area (Å²) in [5.41, 5.74) is 2.74. The third-order valence-corrected chi connectivity index (χ3v) is 5.21. The first kappa shape index (κ1) is 20.7. The monoisotopic (exact) mass is 418 g/mol. The number of rotatable bonds is 6. The Morgan fingerprint density at radius 3 is 2.87 bits per heavy atom. The van der Waals surface area contributed by atoms with Crippen LogP contribution >= 0.6 is 0 Å². The quantitative estimate of drug-likeness (QED) is 0.609. The molecule has 4 heterocycles. The number of carbonyl (C=O) groups is 1. The third kappa shape index (κ3) is 5.75. The minimum Gasteiger partial charge on any atom is -0.465 e. The van der Waals surface area contributed by atoms with Crippen molar-refractivity contribution in [2.45, 2.75) is 33.1 Å². The zero-order chi connectivity index (χ0) is 21.6. The largest absolute Gasteiger partial charge is 0.465 e. The van der Waals surface area contributed by atoms with E-state index in [0.717, 1.165) is 42.9 Å². The molecular formula is C23H26N6O2. The van der Waals surface area contributed by atoms with Crippen molar-refractivity contribution in [2.24, 2.45) is 5.92 Å². The molecule has 160 valence electrons. The topological polar surface area (TPSA) is 97.0 Å². The van der Waals surface area contributed by atoms with E-state index in [1.54, 1.807) is 30.8 Å². The molecule has 1 aliphatic heterocycles. The van der Waals surface area contributed by atoms with Gasteiger partial charge < -0.3 is 14.6 Å². The first-order chi connectivity index (χ1) is 15.0. The molecule has 1 aliphatic rings. The Bertz CT molecular complexity index is 1040. The molecule has 0 spiro atoms. The Morgan fingerprint density at radius 1 is 1.26 bits per heavy atom. The fourth-order valence-corrected chi connectivity index (χ4v) is 3.85. The number of aryl methyl sites for hydroxylation is 2. The van der Waals surface area contributed by atoms with Crippen LogP contribution in [0.15, 0.2) is 47.3 Å². The number of hydrogen-bond donors (Lipinski definition) is 1. The van der Waals surface area contributed by atoms with Gasteiger partial charge in [0.25, 0.3) is 0 Å². The Kier molecular flexibility index (Phi) is 6.35. The molecule has 0 aromatic carbocycles. The normalized spacial score (nSPS) is 16.6. The molecule has 1 amide bonds. The van der Waals surface area contributed by atoms with Gasteiger partial charge in [-0.1, -0.05) is 0 Å². The van der Waals surface area contributed by atoms with Crippen LogP contribution in [0, 0.1) is 19.8 Å². The molecule has 8 nitrogen and oxygen atoms in total. The molecule has 1 atom stereocenters. The number of hydrogen-bond acceptors (Lipinski definition) is 7. The fraction of sp³-hybridized carbons (Fsp3) is 0.348. The summed E-state index contributed by atoms with van der Waals surface area (Å²) in [6.45, 7) is 5.36. The van der Waals surface area contributed by atoms with Gasteiger partial charge in [-0.05, 0) is 63.3 Å². The maximum atomic E-state index is 12.6. The number of furan rings is 1. The van der Waals surface area contributed by atoms with Gasteiger partial charge in [0.2, 0.25) is 11.9 Å². The molecule has 3 aromatic heterocycles. The van der Waals surface area contributed by atoms with E-state index in [9.17, 15) is 4.79 Å². The predicted molar refractivity (Wildman–Crippen MR) is 118 cm³/mol. The van der Waals surface area contributed by atoms with Crippen LogP contribution in [0.1, 0.15) is 35.7 Å². The van der Waals surface area contributed by atoms with Gasteiger partial charge in [-0.3, -0.25) is 4.79 Å². The molecule has 8 heteroatoms. The number of anilines is 2. The van der Waals surface area contributed by atoms with Gasteiger partial charge in [0, 0.05) is 42.3 Å². The number of carbonyl (C=O) groups excluding carboxylic acids is 1. The summed E-state index contributed by atoms with van der Waals surface area (Å²) in [4.78, 5) is 32.0. The minimum absolute atomic E-state index is 0.0121. The van der Waals surface area contributed by atoms with E-state index in [1.807, 2.05) is 36.9 Å². The SMILES string of the molecule is Cc1cc(C)nc(Nc2cc(C[C@@H]3CCCN(C(=O)/C=C/c4ccco4)C3)ncn2)n1. The van der Waals surface area contributed by atoms with E-state index in [-0.39, 0.29) is 5.91 Å². The molecule has 31 heavy (non-hydrogen) atoms. The van der Waals surface area contributed by atoms with Gasteiger partial charge in [0.05, 0.1) is 6.26 Å². The Labute approximate surface area is 181 Å². The van der Waals surface area contributed by atoms with Crippen molar-refractivity contribution >= 4 is 23.7 Å². The van der Waals surface area contributed by atoms with Crippen LogP contribution in [0.25, 0.3) is 6.08 Å². The van der Waals surface area contributed by atoms with Crippen molar-refractivity contribution in [1.29, 1.82) is 0 Å². The van der Waals surface area contributed by atoms with Gasteiger partial charge in [-0.2, -0.15) is 0 Å². The Morgan fingerprint density at radius 2 is 2.10 bits per heavy atom. The molecule has 0 aliphatic carbocycles. The lowest BCUT2D eigenvalue weighted by molar-refractivity contribution is -0.127. The molecule has 1 saturated heterocycles. The van der Waals surface area contributed by atoms with E-state index in [2.05, 4.69) is 25.3 Å². The lowest BCUT2D eigenvalue weighted by Gasteiger charge is -2.32. The minimum atomic E-state index is 0.0121. The average Bonchev–Trinajstić information content (AvgIpc) is 3.25. The highest BCUT2D eigenvalue weighted by molar-refractivity contribution is 5.91. The number of nitrogens with one attached hydrogen (secondary N) is 1. The second-order valence-electron chi connectivity index (χ2n) is 7.84. The number of piperidine rings is 1. The summed E-state index contributed by atoms with van der Waals surface area (Å²) < 4.78 is 5.25. The van der Waals surface area contributed by atoms with Crippen molar-refractivity contribution in [2.75, 3.05) is 18.4 Å². The number of amides is 1. The predicted octanol–water partition coefficient (Wildman–Crippen LogP) is 3.71. The van der Waals surface area contributed by atoms with Crippen LogP contribution in [-0.4, -0.2) is 43.8 Å². The summed E-state index contributed by atoms with van der Waals surface area (Å²) in [6.07, 6.45) is 9.28. The van der Waals surface area contributed by atoms with Crippen molar-refractivity contribution < 1.29 is 9.21 Å². The molecule has 4 rings (SSSR count). The fourth-order valence-electron chi connectivity index (χ4n) is 3.85. The maximum Gasteiger partial charge on any atom is 0.246 e. The lowest BCUT2D eigenvalue weighted by atomic mass is 9.93. The Balaban J connectivity index is 1.37. The molecule has 1 N–H and O–H groups in total. The van der Waals surface area contributed by atoms with E-state index >= 15 is 0 Å². The summed E-state index contributed by atoms with van der Waals surface area (Å²) in [5.74, 6) is 2.24. The molecule has 0 unspecified atom stereocenters. The van der Waals surface area contributed by atoms with Gasteiger partial charge >= 0.3 is 0 Å². The van der Waals surface area contributed by atoms with Crippen LogP contribution in [0.5, 0.6) is 0 Å². The van der Waals surface area contributed by atoms with Crippen LogP contribution in [0.2, 0.25) is 0 Å². The van der Waals surface area contributed by atoms with Crippen LogP contribution in [0.3, 0.4) is 0 Å². The molecule has 1 fully saturated rings. The van der Waals surface area contributed by atoms with Crippen molar-refractivity contribution in [3.05, 3.63) is 65.8 Å². The summed E-state index contributed by atoms with van der Waals surface area (Å²) >= 11 is 0. The third-order valence-electron chi connectivity index (χ3n) is 5.21. The average molecular weight is 419 g/mol. The second-order valence-corrected chi connectivity index (χ2v) is 7.84. The first-order valence-corrected chi connectivity index (χ1v) is 10.5. The Hall–Kier alpha value is -3.55. The smallest absolute Gasteiger partial charge is 0.246 e. The standard InChI is InChI=1S/C23H26N6O2/c1-16-11-17(2)27-23(26-16)28-21-13-19(24-15-25-21)12-18-5-3-9-29(14-18)22(30)8-7-20-6-4-10-31-20/h4,6-8,10-11,13,15,18H,3,5,9,12,14H2,1-2H3,(H,24,25,26,27,28)/b8-7+/t18-/m0/s1. The van der Waals surface area contributed by atoms with E-state index in [0.29, 0.717) is 30.0 Å².